The van der Waals surface area contributed by atoms with Gasteiger partial charge in [0.25, 0.3) is 0 Å². The third-order valence-electron chi connectivity index (χ3n) is 0.735. The van der Waals surface area contributed by atoms with Gasteiger partial charge in [0.2, 0.25) is 0 Å². The van der Waals surface area contributed by atoms with Gasteiger partial charge in [-0.05, 0) is 31.9 Å². The van der Waals surface area contributed by atoms with Gasteiger partial charge >= 0.3 is 5.70 Å². The van der Waals surface area contributed by atoms with Gasteiger partial charge in [0.1, 0.15) is 8.42 Å². The Balaban J connectivity index is 5.21. The molecule has 12 heavy (non-hydrogen) atoms. The minimum absolute atomic E-state index is 0.00540. The number of hydrogen-bond donors (Lipinski definition) is 0. The summed E-state index contributed by atoms with van der Waals surface area (Å²) in [6.45, 7) is 0. The summed E-state index contributed by atoms with van der Waals surface area (Å²) in [7, 11) is 0. The SMILES string of the molecule is O=[N+]([O-])C(=C(Cl)Cl)/C(Br)=C(/Cl)Br. The zero-order chi connectivity index (χ0) is 9.89. The van der Waals surface area contributed by atoms with E-state index in [9.17, 15) is 10.1 Å². The lowest BCUT2D eigenvalue weighted by atomic mass is 10.5. The van der Waals surface area contributed by atoms with Crippen molar-refractivity contribution in [2.75, 3.05) is 0 Å². The summed E-state index contributed by atoms with van der Waals surface area (Å²) in [5, 5.41) is 10.3. The number of rotatable bonds is 2. The van der Waals surface area contributed by atoms with Crippen molar-refractivity contribution < 1.29 is 4.92 Å². The van der Waals surface area contributed by atoms with Crippen LogP contribution >= 0.6 is 66.7 Å². The second-order valence-electron chi connectivity index (χ2n) is 1.44. The molecule has 0 N–H and O–H groups in total. The Hall–Kier alpha value is 0.710. The number of halogens is 5. The molecule has 0 saturated carbocycles. The molecule has 0 aliphatic rings. The molecule has 8 heteroatoms. The van der Waals surface area contributed by atoms with Gasteiger partial charge in [-0.1, -0.05) is 34.8 Å². The van der Waals surface area contributed by atoms with Crippen LogP contribution in [0.15, 0.2) is 18.6 Å². The molecule has 0 aromatic carbocycles. The molecule has 0 aromatic rings. The van der Waals surface area contributed by atoms with Gasteiger partial charge in [-0.3, -0.25) is 10.1 Å². The highest BCUT2D eigenvalue weighted by atomic mass is 79.9. The average molecular weight is 360 g/mol. The molecule has 0 aliphatic carbocycles. The van der Waals surface area contributed by atoms with Crippen LogP contribution in [-0.4, -0.2) is 4.92 Å². The summed E-state index contributed by atoms with van der Waals surface area (Å²) in [6, 6.07) is 0. The zero-order valence-electron chi connectivity index (χ0n) is 5.15. The van der Waals surface area contributed by atoms with Crippen molar-refractivity contribution in [3.63, 3.8) is 0 Å². The highest BCUT2D eigenvalue weighted by Crippen LogP contribution is 2.32. The minimum Gasteiger partial charge on any atom is -0.258 e. The number of nitrogens with zero attached hydrogens (tertiary/aromatic N) is 1. The Bertz CT molecular complexity index is 267. The Morgan fingerprint density at radius 1 is 1.25 bits per heavy atom. The number of allylic oxidation sites excluding steroid dienone is 1. The van der Waals surface area contributed by atoms with Crippen LogP contribution in [0.25, 0.3) is 0 Å². The van der Waals surface area contributed by atoms with Crippen molar-refractivity contribution in [3.05, 3.63) is 28.7 Å². The molecule has 0 atom stereocenters. The molecule has 3 nitrogen and oxygen atoms in total. The first-order valence-corrected chi connectivity index (χ1v) is 5.00. The molecular formula is C4Br2Cl3NO2. The first-order valence-electron chi connectivity index (χ1n) is 2.28. The Labute approximate surface area is 99.8 Å². The summed E-state index contributed by atoms with van der Waals surface area (Å²) in [4.78, 5) is 9.58. The fourth-order valence-electron chi connectivity index (χ4n) is 0.322. The molecule has 0 spiro atoms. The van der Waals surface area contributed by atoms with E-state index in [-0.39, 0.29) is 8.42 Å². The molecule has 0 amide bonds. The minimum atomic E-state index is -0.747. The molecule has 0 unspecified atom stereocenters. The van der Waals surface area contributed by atoms with Crippen molar-refractivity contribution in [1.82, 2.24) is 0 Å². The summed E-state index contributed by atoms with van der Waals surface area (Å²) >= 11 is 21.5. The highest BCUT2D eigenvalue weighted by Gasteiger charge is 2.22. The van der Waals surface area contributed by atoms with E-state index in [1.165, 1.54) is 0 Å². The highest BCUT2D eigenvalue weighted by molar-refractivity contribution is 9.14. The first-order chi connectivity index (χ1) is 5.37. The predicted octanol–water partition coefficient (Wildman–Crippen LogP) is 4.11. The van der Waals surface area contributed by atoms with Crippen molar-refractivity contribution in [2.24, 2.45) is 0 Å². The molecular weight excluding hydrogens is 360 g/mol. The molecule has 0 rings (SSSR count). The fraction of sp³-hybridized carbons (Fsp3) is 0. The molecule has 0 radical (unpaired) electrons. The van der Waals surface area contributed by atoms with Gasteiger partial charge < -0.3 is 0 Å². The topological polar surface area (TPSA) is 43.1 Å². The average Bonchev–Trinajstić information content (AvgIpc) is 1.85. The first kappa shape index (κ1) is 12.7. The monoisotopic (exact) mass is 357 g/mol. The fourth-order valence-corrected chi connectivity index (χ4v) is 1.50. The van der Waals surface area contributed by atoms with Crippen LogP contribution in [0.4, 0.5) is 0 Å². The van der Waals surface area contributed by atoms with Crippen LogP contribution in [0.2, 0.25) is 0 Å². The standard InChI is InChI=1S/C4Br2Cl3NO2/c5-1(3(6)7)2(4(8)9)10(11)12/b3-1-. The maximum absolute atomic E-state index is 10.3. The van der Waals surface area contributed by atoms with Gasteiger partial charge in [-0.2, -0.15) is 0 Å². The normalized spacial score (nSPS) is 12.1. The second kappa shape index (κ2) is 5.44. The van der Waals surface area contributed by atoms with Crippen LogP contribution in [0.3, 0.4) is 0 Å². The van der Waals surface area contributed by atoms with Crippen LogP contribution in [0.5, 0.6) is 0 Å². The molecule has 0 saturated heterocycles. The number of nitro groups is 1. The summed E-state index contributed by atoms with van der Waals surface area (Å²) in [5.74, 6) is 0. The van der Waals surface area contributed by atoms with Crippen molar-refractivity contribution in [2.45, 2.75) is 0 Å². The summed E-state index contributed by atoms with van der Waals surface area (Å²) in [6.07, 6.45) is 0. The van der Waals surface area contributed by atoms with E-state index in [0.717, 1.165) is 0 Å². The molecule has 0 fully saturated rings. The number of hydrogen-bond acceptors (Lipinski definition) is 2. The van der Waals surface area contributed by atoms with Gasteiger partial charge in [-0.15, -0.1) is 0 Å². The summed E-state index contributed by atoms with van der Waals surface area (Å²) < 4.78 is -0.452. The molecule has 68 valence electrons. The van der Waals surface area contributed by atoms with E-state index in [4.69, 9.17) is 34.8 Å². The molecule has 0 aliphatic heterocycles. The lowest BCUT2D eigenvalue weighted by Gasteiger charge is -1.96. The van der Waals surface area contributed by atoms with Crippen LogP contribution in [0, 0.1) is 10.1 Å². The van der Waals surface area contributed by atoms with E-state index >= 15 is 0 Å². The lowest BCUT2D eigenvalue weighted by molar-refractivity contribution is -0.419. The van der Waals surface area contributed by atoms with Crippen LogP contribution in [0.1, 0.15) is 0 Å². The van der Waals surface area contributed by atoms with Crippen molar-refractivity contribution >= 4 is 66.7 Å². The largest absolute Gasteiger partial charge is 0.315 e. The van der Waals surface area contributed by atoms with Crippen molar-refractivity contribution in [1.29, 1.82) is 0 Å². The summed E-state index contributed by atoms with van der Waals surface area (Å²) in [5.41, 5.74) is -0.486. The predicted molar refractivity (Wildman–Crippen MR) is 56.5 cm³/mol. The van der Waals surface area contributed by atoms with E-state index in [2.05, 4.69) is 31.9 Å². The van der Waals surface area contributed by atoms with E-state index in [0.29, 0.717) is 0 Å². The molecule has 0 aromatic heterocycles. The molecule has 0 heterocycles. The maximum Gasteiger partial charge on any atom is 0.315 e. The molecule has 0 bridgehead atoms. The lowest BCUT2D eigenvalue weighted by Crippen LogP contribution is -1.99. The maximum atomic E-state index is 10.3. The van der Waals surface area contributed by atoms with Crippen LogP contribution in [-0.2, 0) is 0 Å². The Morgan fingerprint density at radius 3 is 1.75 bits per heavy atom. The third kappa shape index (κ3) is 3.62. The van der Waals surface area contributed by atoms with E-state index in [1.807, 2.05) is 0 Å². The van der Waals surface area contributed by atoms with Crippen molar-refractivity contribution in [3.8, 4) is 0 Å². The van der Waals surface area contributed by atoms with E-state index < -0.39 is 15.1 Å². The zero-order valence-corrected chi connectivity index (χ0v) is 10.6. The Kier molecular flexibility index (Phi) is 5.76. The van der Waals surface area contributed by atoms with Gasteiger partial charge in [0.05, 0.1) is 4.92 Å². The van der Waals surface area contributed by atoms with Gasteiger partial charge in [0, 0.05) is 0 Å². The van der Waals surface area contributed by atoms with E-state index in [1.54, 1.807) is 0 Å². The second-order valence-corrected chi connectivity index (χ2v) is 4.81. The Morgan fingerprint density at radius 2 is 1.67 bits per heavy atom. The third-order valence-corrected chi connectivity index (χ3v) is 3.21. The quantitative estimate of drug-likeness (QED) is 0.423. The van der Waals surface area contributed by atoms with Gasteiger partial charge in [0.15, 0.2) is 4.49 Å². The van der Waals surface area contributed by atoms with Crippen LogP contribution < -0.4 is 0 Å². The van der Waals surface area contributed by atoms with Gasteiger partial charge in [-0.25, -0.2) is 0 Å². The smallest absolute Gasteiger partial charge is 0.258 e.